The molecule has 3 aromatic carbocycles. The molecule has 0 aliphatic carbocycles. The molecule has 3 nitrogen and oxygen atoms in total. The van der Waals surface area contributed by atoms with Crippen LogP contribution in [0.3, 0.4) is 0 Å². The third kappa shape index (κ3) is 6.76. The summed E-state index contributed by atoms with van der Waals surface area (Å²) in [5.41, 5.74) is 4.79. The van der Waals surface area contributed by atoms with E-state index in [9.17, 15) is 0 Å². The van der Waals surface area contributed by atoms with Crippen molar-refractivity contribution in [3.05, 3.63) is 93.5 Å². The summed E-state index contributed by atoms with van der Waals surface area (Å²) < 4.78 is 12.9. The topological polar surface area (TPSA) is 30.5 Å². The zero-order chi connectivity index (χ0) is 20.6. The van der Waals surface area contributed by atoms with Crippen molar-refractivity contribution in [3.63, 3.8) is 0 Å². The van der Waals surface area contributed by atoms with Crippen LogP contribution in [-0.2, 0) is 13.2 Å². The molecule has 1 unspecified atom stereocenters. The van der Waals surface area contributed by atoms with Crippen LogP contribution in [0, 0.1) is 6.92 Å². The Kier molecular flexibility index (Phi) is 9.70. The minimum Gasteiger partial charge on any atom is -0.490 e. The van der Waals surface area contributed by atoms with Crippen LogP contribution in [0.15, 0.2) is 71.2 Å². The predicted octanol–water partition coefficient (Wildman–Crippen LogP) is 7.01. The highest BCUT2D eigenvalue weighted by Gasteiger charge is 2.13. The van der Waals surface area contributed by atoms with E-state index >= 15 is 0 Å². The van der Waals surface area contributed by atoms with E-state index in [1.165, 1.54) is 11.1 Å². The molecular formula is C25H29BrClNO2. The maximum absolute atomic E-state index is 6.10. The van der Waals surface area contributed by atoms with Gasteiger partial charge in [0.1, 0.15) is 6.61 Å². The van der Waals surface area contributed by atoms with Crippen molar-refractivity contribution >= 4 is 28.3 Å². The van der Waals surface area contributed by atoms with Crippen LogP contribution in [0.1, 0.15) is 42.1 Å². The number of benzene rings is 3. The van der Waals surface area contributed by atoms with Crippen LogP contribution in [0.4, 0.5) is 0 Å². The van der Waals surface area contributed by atoms with Gasteiger partial charge >= 0.3 is 0 Å². The van der Waals surface area contributed by atoms with Gasteiger partial charge in [-0.05, 0) is 65.5 Å². The van der Waals surface area contributed by atoms with Gasteiger partial charge in [0.05, 0.1) is 11.1 Å². The molecule has 0 aliphatic heterocycles. The third-order valence-corrected chi connectivity index (χ3v) is 5.37. The smallest absolute Gasteiger partial charge is 0.175 e. The number of ether oxygens (including phenoxy) is 2. The molecule has 0 radical (unpaired) electrons. The van der Waals surface area contributed by atoms with Crippen LogP contribution in [-0.4, -0.2) is 6.61 Å². The number of rotatable bonds is 9. The molecule has 0 bridgehead atoms. The van der Waals surface area contributed by atoms with Crippen molar-refractivity contribution in [2.24, 2.45) is 0 Å². The molecule has 30 heavy (non-hydrogen) atoms. The summed E-state index contributed by atoms with van der Waals surface area (Å²) >= 11 is 3.67. The molecule has 0 aliphatic rings. The lowest BCUT2D eigenvalue weighted by Crippen LogP contribution is -2.18. The molecule has 3 aromatic rings. The standard InChI is InChI=1S/C25H28BrNO2.ClH/c1-4-28-24-15-21(16-27-19(3)22-8-6-5-7-9-22)14-23(26)25(24)29-17-20-12-10-18(2)11-13-20;/h5-15,19,27H,4,16-17H2,1-3H3;1H. The summed E-state index contributed by atoms with van der Waals surface area (Å²) in [4.78, 5) is 0. The van der Waals surface area contributed by atoms with E-state index < -0.39 is 0 Å². The molecule has 160 valence electrons. The first-order valence-corrected chi connectivity index (χ1v) is 10.8. The highest BCUT2D eigenvalue weighted by molar-refractivity contribution is 9.10. The van der Waals surface area contributed by atoms with Crippen LogP contribution >= 0.6 is 28.3 Å². The molecule has 0 fully saturated rings. The largest absolute Gasteiger partial charge is 0.490 e. The van der Waals surface area contributed by atoms with Crippen molar-refractivity contribution in [2.75, 3.05) is 6.61 Å². The lowest BCUT2D eigenvalue weighted by molar-refractivity contribution is 0.267. The van der Waals surface area contributed by atoms with Crippen molar-refractivity contribution in [2.45, 2.75) is 40.0 Å². The Morgan fingerprint density at radius 3 is 2.30 bits per heavy atom. The van der Waals surface area contributed by atoms with Gasteiger partial charge in [0.2, 0.25) is 0 Å². The molecule has 1 N–H and O–H groups in total. The number of hydrogen-bond acceptors (Lipinski definition) is 3. The number of hydrogen-bond donors (Lipinski definition) is 1. The average molecular weight is 491 g/mol. The molecule has 0 heterocycles. The Morgan fingerprint density at radius 1 is 0.933 bits per heavy atom. The summed E-state index contributed by atoms with van der Waals surface area (Å²) in [6.07, 6.45) is 0. The van der Waals surface area contributed by atoms with Gasteiger partial charge in [-0.15, -0.1) is 12.4 Å². The van der Waals surface area contributed by atoms with E-state index in [2.05, 4.69) is 95.8 Å². The fourth-order valence-electron chi connectivity index (χ4n) is 3.10. The lowest BCUT2D eigenvalue weighted by atomic mass is 10.1. The molecule has 0 aromatic heterocycles. The lowest BCUT2D eigenvalue weighted by Gasteiger charge is -2.18. The average Bonchev–Trinajstić information content (AvgIpc) is 2.73. The molecule has 0 saturated heterocycles. The second-order valence-corrected chi connectivity index (χ2v) is 7.98. The molecule has 0 spiro atoms. The van der Waals surface area contributed by atoms with Gasteiger partial charge in [0, 0.05) is 12.6 Å². The SMILES string of the molecule is CCOc1cc(CNC(C)c2ccccc2)cc(Br)c1OCc1ccc(C)cc1.Cl. The normalized spacial score (nSPS) is 11.5. The van der Waals surface area contributed by atoms with Crippen molar-refractivity contribution < 1.29 is 9.47 Å². The third-order valence-electron chi connectivity index (χ3n) is 4.78. The van der Waals surface area contributed by atoms with E-state index in [0.717, 1.165) is 33.6 Å². The Morgan fingerprint density at radius 2 is 1.63 bits per heavy atom. The fourth-order valence-corrected chi connectivity index (χ4v) is 3.70. The zero-order valence-electron chi connectivity index (χ0n) is 17.7. The monoisotopic (exact) mass is 489 g/mol. The van der Waals surface area contributed by atoms with E-state index in [4.69, 9.17) is 9.47 Å². The maximum atomic E-state index is 6.10. The van der Waals surface area contributed by atoms with Crippen LogP contribution in [0.5, 0.6) is 11.5 Å². The fraction of sp³-hybridized carbons (Fsp3) is 0.280. The summed E-state index contributed by atoms with van der Waals surface area (Å²) in [5.74, 6) is 1.51. The Balaban J connectivity index is 0.00000320. The number of aryl methyl sites for hydroxylation is 1. The first-order chi connectivity index (χ1) is 14.1. The quantitative estimate of drug-likeness (QED) is 0.350. The van der Waals surface area contributed by atoms with E-state index in [-0.39, 0.29) is 18.4 Å². The number of nitrogens with one attached hydrogen (secondary N) is 1. The zero-order valence-corrected chi connectivity index (χ0v) is 20.1. The molecule has 3 rings (SSSR count). The Hall–Kier alpha value is -2.01. The molecule has 0 saturated carbocycles. The van der Waals surface area contributed by atoms with Crippen molar-refractivity contribution in [3.8, 4) is 11.5 Å². The molecular weight excluding hydrogens is 462 g/mol. The highest BCUT2D eigenvalue weighted by Crippen LogP contribution is 2.37. The Labute approximate surface area is 194 Å². The van der Waals surface area contributed by atoms with Crippen LogP contribution in [0.2, 0.25) is 0 Å². The maximum Gasteiger partial charge on any atom is 0.175 e. The van der Waals surface area contributed by atoms with Crippen LogP contribution < -0.4 is 14.8 Å². The molecule has 5 heteroatoms. The van der Waals surface area contributed by atoms with Gasteiger partial charge in [-0.25, -0.2) is 0 Å². The van der Waals surface area contributed by atoms with Gasteiger partial charge in [-0.2, -0.15) is 0 Å². The van der Waals surface area contributed by atoms with Gasteiger partial charge in [-0.3, -0.25) is 0 Å². The Bertz CT molecular complexity index is 916. The van der Waals surface area contributed by atoms with Gasteiger partial charge in [0.15, 0.2) is 11.5 Å². The minimum absolute atomic E-state index is 0. The summed E-state index contributed by atoms with van der Waals surface area (Å²) in [6, 6.07) is 23.2. The predicted molar refractivity (Wildman–Crippen MR) is 130 cm³/mol. The minimum atomic E-state index is 0. The van der Waals surface area contributed by atoms with Gasteiger partial charge < -0.3 is 14.8 Å². The second kappa shape index (κ2) is 12.0. The second-order valence-electron chi connectivity index (χ2n) is 7.13. The first kappa shape index (κ1) is 24.3. The number of halogens is 2. The molecule has 1 atom stereocenters. The van der Waals surface area contributed by atoms with E-state index in [1.807, 2.05) is 13.0 Å². The van der Waals surface area contributed by atoms with Crippen molar-refractivity contribution in [1.29, 1.82) is 0 Å². The van der Waals surface area contributed by atoms with E-state index in [1.54, 1.807) is 0 Å². The van der Waals surface area contributed by atoms with Crippen molar-refractivity contribution in [1.82, 2.24) is 5.32 Å². The van der Waals surface area contributed by atoms with E-state index in [0.29, 0.717) is 13.2 Å². The summed E-state index contributed by atoms with van der Waals surface area (Å²) in [6.45, 7) is 8.08. The summed E-state index contributed by atoms with van der Waals surface area (Å²) in [7, 11) is 0. The molecule has 0 amide bonds. The van der Waals surface area contributed by atoms with Crippen LogP contribution in [0.25, 0.3) is 0 Å². The van der Waals surface area contributed by atoms with Gasteiger partial charge in [0.25, 0.3) is 0 Å². The summed E-state index contributed by atoms with van der Waals surface area (Å²) in [5, 5.41) is 3.58. The van der Waals surface area contributed by atoms with Gasteiger partial charge in [-0.1, -0.05) is 60.2 Å². The highest BCUT2D eigenvalue weighted by atomic mass is 79.9. The first-order valence-electron chi connectivity index (χ1n) is 9.98.